The van der Waals surface area contributed by atoms with Crippen molar-refractivity contribution in [2.75, 3.05) is 6.54 Å². The van der Waals surface area contributed by atoms with E-state index >= 15 is 0 Å². The Bertz CT molecular complexity index is 529. The first-order valence-electron chi connectivity index (χ1n) is 5.22. The number of carbonyl (C=O) groups excluding carboxylic acids is 1. The van der Waals surface area contributed by atoms with Gasteiger partial charge < -0.3 is 10.4 Å². The van der Waals surface area contributed by atoms with Crippen LogP contribution in [0.1, 0.15) is 18.1 Å². The highest BCUT2D eigenvalue weighted by molar-refractivity contribution is 6.31. The molecule has 5 heteroatoms. The van der Waals surface area contributed by atoms with Crippen LogP contribution < -0.4 is 5.32 Å². The SMILES string of the molecule is CC(=O)NCC#Cc1ccc(Cl)c(CC(=O)O)c1. The van der Waals surface area contributed by atoms with Crippen LogP contribution >= 0.6 is 11.6 Å². The molecule has 2 N–H and O–H groups in total. The largest absolute Gasteiger partial charge is 0.481 e. The fourth-order valence-corrected chi connectivity index (χ4v) is 1.45. The first-order valence-corrected chi connectivity index (χ1v) is 5.60. The van der Waals surface area contributed by atoms with Crippen molar-refractivity contribution in [1.82, 2.24) is 5.32 Å². The Hall–Kier alpha value is -1.99. The lowest BCUT2D eigenvalue weighted by Gasteiger charge is -2.01. The smallest absolute Gasteiger partial charge is 0.307 e. The second-order valence-electron chi connectivity index (χ2n) is 3.59. The van der Waals surface area contributed by atoms with E-state index in [0.29, 0.717) is 16.1 Å². The summed E-state index contributed by atoms with van der Waals surface area (Å²) in [6.45, 7) is 1.67. The second kappa shape index (κ2) is 6.67. The van der Waals surface area contributed by atoms with E-state index in [9.17, 15) is 9.59 Å². The van der Waals surface area contributed by atoms with Crippen molar-refractivity contribution in [3.05, 3.63) is 34.3 Å². The highest BCUT2D eigenvalue weighted by Crippen LogP contribution is 2.17. The Morgan fingerprint density at radius 2 is 2.17 bits per heavy atom. The number of carbonyl (C=O) groups is 2. The predicted octanol–water partition coefficient (Wildman–Crippen LogP) is 1.45. The van der Waals surface area contributed by atoms with Gasteiger partial charge in [-0.1, -0.05) is 23.4 Å². The van der Waals surface area contributed by atoms with Crippen LogP contribution in [0.2, 0.25) is 5.02 Å². The minimum atomic E-state index is -0.944. The second-order valence-corrected chi connectivity index (χ2v) is 4.00. The molecule has 0 atom stereocenters. The number of amides is 1. The van der Waals surface area contributed by atoms with Gasteiger partial charge in [-0.2, -0.15) is 0 Å². The number of hydrogen-bond donors (Lipinski definition) is 2. The Labute approximate surface area is 110 Å². The predicted molar refractivity (Wildman–Crippen MR) is 68.4 cm³/mol. The maximum Gasteiger partial charge on any atom is 0.307 e. The Morgan fingerprint density at radius 3 is 2.78 bits per heavy atom. The van der Waals surface area contributed by atoms with Crippen LogP contribution in [-0.2, 0) is 16.0 Å². The lowest BCUT2D eigenvalue weighted by molar-refractivity contribution is -0.136. The minimum Gasteiger partial charge on any atom is -0.481 e. The van der Waals surface area contributed by atoms with Crippen LogP contribution in [0.25, 0.3) is 0 Å². The first kappa shape index (κ1) is 14.1. The van der Waals surface area contributed by atoms with Gasteiger partial charge in [-0.05, 0) is 23.8 Å². The van der Waals surface area contributed by atoms with Crippen molar-refractivity contribution in [3.63, 3.8) is 0 Å². The number of carboxylic acids is 1. The summed E-state index contributed by atoms with van der Waals surface area (Å²) < 4.78 is 0. The van der Waals surface area contributed by atoms with Gasteiger partial charge in [0.05, 0.1) is 13.0 Å². The van der Waals surface area contributed by atoms with E-state index in [1.54, 1.807) is 18.2 Å². The highest BCUT2D eigenvalue weighted by Gasteiger charge is 2.05. The number of rotatable bonds is 3. The van der Waals surface area contributed by atoms with Crippen LogP contribution in [0, 0.1) is 11.8 Å². The molecule has 18 heavy (non-hydrogen) atoms. The summed E-state index contributed by atoms with van der Waals surface area (Å²) in [5.74, 6) is 4.49. The normalized spacial score (nSPS) is 9.22. The number of carboxylic acid groups (broad SMARTS) is 1. The van der Waals surface area contributed by atoms with Crippen molar-refractivity contribution in [3.8, 4) is 11.8 Å². The molecule has 0 bridgehead atoms. The van der Waals surface area contributed by atoms with Crippen LogP contribution in [0.3, 0.4) is 0 Å². The van der Waals surface area contributed by atoms with Gasteiger partial charge in [0.1, 0.15) is 0 Å². The molecule has 0 aliphatic carbocycles. The van der Waals surface area contributed by atoms with E-state index in [4.69, 9.17) is 16.7 Å². The Balaban J connectivity index is 2.78. The highest BCUT2D eigenvalue weighted by atomic mass is 35.5. The number of benzene rings is 1. The van der Waals surface area contributed by atoms with Gasteiger partial charge in [-0.3, -0.25) is 9.59 Å². The van der Waals surface area contributed by atoms with Gasteiger partial charge in [0.25, 0.3) is 0 Å². The van der Waals surface area contributed by atoms with Gasteiger partial charge in [0.15, 0.2) is 0 Å². The molecule has 1 aromatic rings. The summed E-state index contributed by atoms with van der Waals surface area (Å²) in [4.78, 5) is 21.2. The van der Waals surface area contributed by atoms with E-state index in [0.717, 1.165) is 0 Å². The third kappa shape index (κ3) is 4.89. The molecule has 94 valence electrons. The zero-order valence-electron chi connectivity index (χ0n) is 9.79. The van der Waals surface area contributed by atoms with E-state index in [1.807, 2.05) is 0 Å². The van der Waals surface area contributed by atoms with Gasteiger partial charge in [-0.25, -0.2) is 0 Å². The molecule has 0 aliphatic heterocycles. The van der Waals surface area contributed by atoms with Crippen molar-refractivity contribution in [1.29, 1.82) is 0 Å². The number of halogens is 1. The standard InChI is InChI=1S/C13H12ClNO3/c1-9(16)15-6-2-3-10-4-5-12(14)11(7-10)8-13(17)18/h4-5,7H,6,8H2,1H3,(H,15,16)(H,17,18). The molecule has 4 nitrogen and oxygen atoms in total. The molecular formula is C13H12ClNO3. The molecule has 0 aromatic heterocycles. The van der Waals surface area contributed by atoms with Crippen LogP contribution in [0.5, 0.6) is 0 Å². The summed E-state index contributed by atoms with van der Waals surface area (Å²) >= 11 is 5.87. The molecule has 0 saturated heterocycles. The third-order valence-electron chi connectivity index (χ3n) is 2.05. The van der Waals surface area contributed by atoms with E-state index in [2.05, 4.69) is 17.2 Å². The van der Waals surface area contributed by atoms with Crippen molar-refractivity contribution in [2.24, 2.45) is 0 Å². The number of nitrogens with one attached hydrogen (secondary N) is 1. The van der Waals surface area contributed by atoms with Gasteiger partial charge >= 0.3 is 5.97 Å². The summed E-state index contributed by atoms with van der Waals surface area (Å²) in [5.41, 5.74) is 1.19. The monoisotopic (exact) mass is 265 g/mol. The molecule has 0 fully saturated rings. The van der Waals surface area contributed by atoms with Crippen LogP contribution in [0.15, 0.2) is 18.2 Å². The molecular weight excluding hydrogens is 254 g/mol. The zero-order valence-corrected chi connectivity index (χ0v) is 10.5. The molecule has 1 rings (SSSR count). The molecule has 0 aliphatic rings. The molecule has 0 saturated carbocycles. The maximum atomic E-state index is 10.6. The zero-order chi connectivity index (χ0) is 13.5. The summed E-state index contributed by atoms with van der Waals surface area (Å²) in [7, 11) is 0. The molecule has 0 spiro atoms. The van der Waals surface area contributed by atoms with Crippen molar-refractivity contribution < 1.29 is 14.7 Å². The fraction of sp³-hybridized carbons (Fsp3) is 0.231. The van der Waals surface area contributed by atoms with Gasteiger partial charge in [-0.15, -0.1) is 0 Å². The van der Waals surface area contributed by atoms with Crippen molar-refractivity contribution >= 4 is 23.5 Å². The third-order valence-corrected chi connectivity index (χ3v) is 2.41. The summed E-state index contributed by atoms with van der Waals surface area (Å²) in [6.07, 6.45) is -0.139. The molecule has 1 amide bonds. The van der Waals surface area contributed by atoms with E-state index < -0.39 is 5.97 Å². The topological polar surface area (TPSA) is 66.4 Å². The summed E-state index contributed by atoms with van der Waals surface area (Å²) in [6, 6.07) is 4.95. The molecule has 0 radical (unpaired) electrons. The lowest BCUT2D eigenvalue weighted by Crippen LogP contribution is -2.19. The van der Waals surface area contributed by atoms with Crippen molar-refractivity contribution in [2.45, 2.75) is 13.3 Å². The minimum absolute atomic E-state index is 0.139. The Morgan fingerprint density at radius 1 is 1.44 bits per heavy atom. The summed E-state index contributed by atoms with van der Waals surface area (Å²) in [5, 5.41) is 11.7. The quantitative estimate of drug-likeness (QED) is 0.813. The lowest BCUT2D eigenvalue weighted by atomic mass is 10.1. The van der Waals surface area contributed by atoms with Gasteiger partial charge in [0.2, 0.25) is 5.91 Å². The average Bonchev–Trinajstić information content (AvgIpc) is 2.27. The number of aliphatic carboxylic acids is 1. The van der Waals surface area contributed by atoms with Crippen LogP contribution in [-0.4, -0.2) is 23.5 Å². The molecule has 1 aromatic carbocycles. The maximum absolute atomic E-state index is 10.6. The first-order chi connectivity index (χ1) is 8.49. The number of hydrogen-bond acceptors (Lipinski definition) is 2. The average molecular weight is 266 g/mol. The fourth-order valence-electron chi connectivity index (χ4n) is 1.27. The Kier molecular flexibility index (Phi) is 5.22. The molecule has 0 heterocycles. The van der Waals surface area contributed by atoms with E-state index in [1.165, 1.54) is 6.92 Å². The van der Waals surface area contributed by atoms with Gasteiger partial charge in [0, 0.05) is 17.5 Å². The molecule has 0 unspecified atom stereocenters. The van der Waals surface area contributed by atoms with E-state index in [-0.39, 0.29) is 18.9 Å². The van der Waals surface area contributed by atoms with Crippen LogP contribution in [0.4, 0.5) is 0 Å².